The van der Waals surface area contributed by atoms with Crippen molar-refractivity contribution in [2.75, 3.05) is 19.9 Å². The quantitative estimate of drug-likeness (QED) is 0.372. The van der Waals surface area contributed by atoms with Gasteiger partial charge < -0.3 is 14.8 Å². The summed E-state index contributed by atoms with van der Waals surface area (Å²) >= 11 is 8.12. The van der Waals surface area contributed by atoms with Crippen molar-refractivity contribution in [1.29, 1.82) is 0 Å². The van der Waals surface area contributed by atoms with Crippen molar-refractivity contribution in [2.24, 2.45) is 0 Å². The van der Waals surface area contributed by atoms with Gasteiger partial charge in [-0.15, -0.1) is 11.8 Å². The Hall–Kier alpha value is -2.49. The first-order valence-corrected chi connectivity index (χ1v) is 11.8. The number of hydrogen-bond acceptors (Lipinski definition) is 7. The van der Waals surface area contributed by atoms with Crippen LogP contribution in [0, 0.1) is 0 Å². The predicted molar refractivity (Wildman–Crippen MR) is 127 cm³/mol. The van der Waals surface area contributed by atoms with E-state index >= 15 is 0 Å². The van der Waals surface area contributed by atoms with Gasteiger partial charge in [0.1, 0.15) is 4.32 Å². The second kappa shape index (κ2) is 9.76. The summed E-state index contributed by atoms with van der Waals surface area (Å²) in [6.07, 6.45) is 1.79. The second-order valence-electron chi connectivity index (χ2n) is 6.81. The summed E-state index contributed by atoms with van der Waals surface area (Å²) in [7, 11) is 0. The van der Waals surface area contributed by atoms with E-state index in [0.717, 1.165) is 10.5 Å². The van der Waals surface area contributed by atoms with E-state index in [-0.39, 0.29) is 23.9 Å². The molecule has 1 fully saturated rings. The zero-order chi connectivity index (χ0) is 21.8. The van der Waals surface area contributed by atoms with Gasteiger partial charge in [-0.1, -0.05) is 48.2 Å². The SMILES string of the molecule is CC(Sc1ccccc1)C(=O)NCCN1C(=O)/C(=C\c2ccc3c(c2)OCO3)SC1=S. The summed E-state index contributed by atoms with van der Waals surface area (Å²) < 4.78 is 11.2. The van der Waals surface area contributed by atoms with Gasteiger partial charge in [0.25, 0.3) is 5.91 Å². The third-order valence-corrected chi connectivity index (χ3v) is 7.12. The lowest BCUT2D eigenvalue weighted by Crippen LogP contribution is -2.39. The lowest BCUT2D eigenvalue weighted by molar-refractivity contribution is -0.123. The zero-order valence-electron chi connectivity index (χ0n) is 16.7. The van der Waals surface area contributed by atoms with Crippen LogP contribution in [0.2, 0.25) is 0 Å². The molecule has 1 saturated heterocycles. The lowest BCUT2D eigenvalue weighted by atomic mass is 10.2. The van der Waals surface area contributed by atoms with Crippen molar-refractivity contribution in [2.45, 2.75) is 17.1 Å². The number of thiocarbonyl (C=S) groups is 1. The minimum absolute atomic E-state index is 0.0739. The summed E-state index contributed by atoms with van der Waals surface area (Å²) in [5.41, 5.74) is 0.838. The first kappa shape index (κ1) is 21.7. The van der Waals surface area contributed by atoms with Gasteiger partial charge in [0.05, 0.1) is 10.2 Å². The standard InChI is InChI=1S/C22H20N2O4S3/c1-14(30-16-5-3-2-4-6-16)20(25)23-9-10-24-21(26)19(31-22(24)29)12-15-7-8-17-18(11-15)28-13-27-17/h2-8,11-12,14H,9-10,13H2,1H3,(H,23,25)/b19-12+. The number of rotatable bonds is 7. The molecule has 1 unspecified atom stereocenters. The van der Waals surface area contributed by atoms with Crippen LogP contribution in [0.15, 0.2) is 58.3 Å². The van der Waals surface area contributed by atoms with Crippen molar-refractivity contribution in [3.8, 4) is 11.5 Å². The molecular formula is C22H20N2O4S3. The summed E-state index contributed by atoms with van der Waals surface area (Å²) in [6.45, 7) is 2.73. The number of carbonyl (C=O) groups excluding carboxylic acids is 2. The maximum atomic E-state index is 12.8. The molecule has 2 heterocycles. The molecule has 0 bridgehead atoms. The summed E-state index contributed by atoms with van der Waals surface area (Å²) in [4.78, 5) is 28.3. The van der Waals surface area contributed by atoms with Crippen LogP contribution in [-0.2, 0) is 9.59 Å². The number of nitrogens with one attached hydrogen (secondary N) is 1. The predicted octanol–water partition coefficient (Wildman–Crippen LogP) is 3.91. The molecule has 2 aliphatic rings. The fourth-order valence-electron chi connectivity index (χ4n) is 3.04. The van der Waals surface area contributed by atoms with E-state index in [9.17, 15) is 9.59 Å². The molecule has 2 aromatic carbocycles. The van der Waals surface area contributed by atoms with Gasteiger partial charge >= 0.3 is 0 Å². The molecule has 2 aromatic rings. The number of carbonyl (C=O) groups is 2. The highest BCUT2D eigenvalue weighted by molar-refractivity contribution is 8.26. The molecule has 2 amide bonds. The summed E-state index contributed by atoms with van der Waals surface area (Å²) in [6, 6.07) is 15.3. The summed E-state index contributed by atoms with van der Waals surface area (Å²) in [5, 5.41) is 2.65. The maximum absolute atomic E-state index is 12.8. The topological polar surface area (TPSA) is 67.9 Å². The van der Waals surface area contributed by atoms with Crippen LogP contribution in [0.3, 0.4) is 0 Å². The molecule has 2 aliphatic heterocycles. The van der Waals surface area contributed by atoms with Crippen molar-refractivity contribution in [3.05, 3.63) is 59.0 Å². The first-order valence-electron chi connectivity index (χ1n) is 9.66. The van der Waals surface area contributed by atoms with E-state index in [1.807, 2.05) is 55.5 Å². The smallest absolute Gasteiger partial charge is 0.266 e. The van der Waals surface area contributed by atoms with Crippen LogP contribution in [0.25, 0.3) is 6.08 Å². The molecule has 0 radical (unpaired) electrons. The van der Waals surface area contributed by atoms with Gasteiger partial charge in [-0.05, 0) is 42.8 Å². The van der Waals surface area contributed by atoms with Gasteiger partial charge in [-0.25, -0.2) is 0 Å². The molecule has 6 nitrogen and oxygen atoms in total. The Kier molecular flexibility index (Phi) is 6.84. The summed E-state index contributed by atoms with van der Waals surface area (Å²) in [5.74, 6) is 1.12. The molecule has 0 aromatic heterocycles. The van der Waals surface area contributed by atoms with Gasteiger partial charge in [-0.2, -0.15) is 0 Å². The third-order valence-electron chi connectivity index (χ3n) is 4.63. The van der Waals surface area contributed by atoms with Gasteiger partial charge in [-0.3, -0.25) is 14.5 Å². The van der Waals surface area contributed by atoms with Crippen LogP contribution < -0.4 is 14.8 Å². The average Bonchev–Trinajstić information content (AvgIpc) is 3.33. The second-order valence-corrected chi connectivity index (χ2v) is 9.90. The van der Waals surface area contributed by atoms with Crippen LogP contribution in [0.5, 0.6) is 11.5 Å². The average molecular weight is 473 g/mol. The number of nitrogens with zero attached hydrogens (tertiary/aromatic N) is 1. The number of amides is 2. The highest BCUT2D eigenvalue weighted by Gasteiger charge is 2.32. The highest BCUT2D eigenvalue weighted by Crippen LogP contribution is 2.36. The van der Waals surface area contributed by atoms with E-state index in [1.54, 1.807) is 6.08 Å². The maximum Gasteiger partial charge on any atom is 0.266 e. The number of ether oxygens (including phenoxy) is 2. The molecule has 4 rings (SSSR count). The molecule has 31 heavy (non-hydrogen) atoms. The Morgan fingerprint density at radius 3 is 2.84 bits per heavy atom. The van der Waals surface area contributed by atoms with E-state index in [1.165, 1.54) is 28.4 Å². The van der Waals surface area contributed by atoms with E-state index in [4.69, 9.17) is 21.7 Å². The number of thioether (sulfide) groups is 2. The van der Waals surface area contributed by atoms with E-state index < -0.39 is 0 Å². The Morgan fingerprint density at radius 2 is 2.03 bits per heavy atom. The largest absolute Gasteiger partial charge is 0.454 e. The molecule has 1 atom stereocenters. The van der Waals surface area contributed by atoms with Crippen LogP contribution in [-0.4, -0.2) is 46.2 Å². The number of fused-ring (bicyclic) bond motifs is 1. The molecule has 9 heteroatoms. The van der Waals surface area contributed by atoms with Crippen LogP contribution >= 0.6 is 35.7 Å². The number of benzene rings is 2. The normalized spacial score (nSPS) is 17.3. The van der Waals surface area contributed by atoms with Crippen molar-refractivity contribution in [1.82, 2.24) is 10.2 Å². The Bertz CT molecular complexity index is 1040. The monoisotopic (exact) mass is 472 g/mol. The highest BCUT2D eigenvalue weighted by atomic mass is 32.2. The zero-order valence-corrected chi connectivity index (χ0v) is 19.1. The molecular weight excluding hydrogens is 452 g/mol. The van der Waals surface area contributed by atoms with Gasteiger partial charge in [0.2, 0.25) is 12.7 Å². The Labute approximate surface area is 194 Å². The Morgan fingerprint density at radius 1 is 1.26 bits per heavy atom. The molecule has 1 N–H and O–H groups in total. The minimum atomic E-state index is -0.237. The van der Waals surface area contributed by atoms with E-state index in [2.05, 4.69) is 5.32 Å². The molecule has 0 aliphatic carbocycles. The Balaban J connectivity index is 1.30. The van der Waals surface area contributed by atoms with E-state index in [0.29, 0.717) is 33.8 Å². The van der Waals surface area contributed by atoms with Crippen LogP contribution in [0.1, 0.15) is 12.5 Å². The van der Waals surface area contributed by atoms with Gasteiger partial charge in [0.15, 0.2) is 11.5 Å². The number of hydrogen-bond donors (Lipinski definition) is 1. The molecule has 160 valence electrons. The third kappa shape index (κ3) is 5.23. The van der Waals surface area contributed by atoms with Crippen molar-refractivity contribution < 1.29 is 19.1 Å². The minimum Gasteiger partial charge on any atom is -0.454 e. The van der Waals surface area contributed by atoms with Crippen molar-refractivity contribution >= 4 is 58.0 Å². The fraction of sp³-hybridized carbons (Fsp3) is 0.227. The first-order chi connectivity index (χ1) is 15.0. The molecule has 0 saturated carbocycles. The van der Waals surface area contributed by atoms with Crippen molar-refractivity contribution in [3.63, 3.8) is 0 Å². The van der Waals surface area contributed by atoms with Crippen LogP contribution in [0.4, 0.5) is 0 Å². The lowest BCUT2D eigenvalue weighted by Gasteiger charge is -2.16. The molecule has 0 spiro atoms. The fourth-order valence-corrected chi connectivity index (χ4v) is 5.26. The van der Waals surface area contributed by atoms with Gasteiger partial charge in [0, 0.05) is 18.0 Å².